The molecule has 0 aliphatic carbocycles. The van der Waals surface area contributed by atoms with Crippen LogP contribution in [0.3, 0.4) is 0 Å². The summed E-state index contributed by atoms with van der Waals surface area (Å²) in [5.41, 5.74) is 4.00. The van der Waals surface area contributed by atoms with E-state index in [4.69, 9.17) is 9.47 Å². The third kappa shape index (κ3) is 3.70. The highest BCUT2D eigenvalue weighted by atomic mass is 16.5. The van der Waals surface area contributed by atoms with Gasteiger partial charge in [-0.25, -0.2) is 0 Å². The first-order valence-corrected chi connectivity index (χ1v) is 9.17. The number of rotatable bonds is 5. The van der Waals surface area contributed by atoms with Crippen LogP contribution in [0.1, 0.15) is 41.4 Å². The van der Waals surface area contributed by atoms with Crippen LogP contribution in [0, 0.1) is 13.8 Å². The van der Waals surface area contributed by atoms with E-state index in [0.717, 1.165) is 53.4 Å². The van der Waals surface area contributed by atoms with Crippen molar-refractivity contribution in [1.29, 1.82) is 0 Å². The van der Waals surface area contributed by atoms with E-state index in [0.29, 0.717) is 0 Å². The molecule has 1 amide bonds. The molecule has 1 atom stereocenters. The zero-order valence-corrected chi connectivity index (χ0v) is 16.7. The zero-order chi connectivity index (χ0) is 19.6. The molecule has 1 aromatic carbocycles. The SMILES string of the molecule is COc1ccc(C2CCCN2C(=O)/C=C/c2c(C)nn(C)c2C)c(OC)c1. The molecule has 1 unspecified atom stereocenters. The molecule has 0 N–H and O–H groups in total. The van der Waals surface area contributed by atoms with E-state index in [1.165, 1.54) is 0 Å². The van der Waals surface area contributed by atoms with Gasteiger partial charge in [0.05, 0.1) is 26.0 Å². The van der Waals surface area contributed by atoms with Crippen molar-refractivity contribution in [3.05, 3.63) is 46.8 Å². The summed E-state index contributed by atoms with van der Waals surface area (Å²) in [6.45, 7) is 4.71. The second-order valence-electron chi connectivity index (χ2n) is 6.84. The van der Waals surface area contributed by atoms with Crippen molar-refractivity contribution in [2.75, 3.05) is 20.8 Å². The van der Waals surface area contributed by atoms with Gasteiger partial charge in [-0.05, 0) is 44.9 Å². The predicted molar refractivity (Wildman–Crippen MR) is 105 cm³/mol. The maximum absolute atomic E-state index is 12.9. The summed E-state index contributed by atoms with van der Waals surface area (Å²) in [6, 6.07) is 5.79. The van der Waals surface area contributed by atoms with Crippen LogP contribution in [0.2, 0.25) is 0 Å². The fraction of sp³-hybridized carbons (Fsp3) is 0.429. The van der Waals surface area contributed by atoms with Gasteiger partial charge in [0.15, 0.2) is 0 Å². The molecule has 1 saturated heterocycles. The number of carbonyl (C=O) groups is 1. The summed E-state index contributed by atoms with van der Waals surface area (Å²) in [4.78, 5) is 14.8. The minimum Gasteiger partial charge on any atom is -0.497 e. The Morgan fingerprint density at radius 3 is 2.67 bits per heavy atom. The number of amides is 1. The Morgan fingerprint density at radius 1 is 1.26 bits per heavy atom. The summed E-state index contributed by atoms with van der Waals surface area (Å²) in [5, 5.41) is 4.40. The average molecular weight is 369 g/mol. The van der Waals surface area contributed by atoms with E-state index in [1.807, 2.05) is 54.8 Å². The van der Waals surface area contributed by atoms with Crippen molar-refractivity contribution < 1.29 is 14.3 Å². The van der Waals surface area contributed by atoms with Gasteiger partial charge in [0.2, 0.25) is 5.91 Å². The molecular weight excluding hydrogens is 342 g/mol. The lowest BCUT2D eigenvalue weighted by atomic mass is 10.0. The van der Waals surface area contributed by atoms with Crippen molar-refractivity contribution in [3.63, 3.8) is 0 Å². The molecule has 0 bridgehead atoms. The molecule has 0 radical (unpaired) electrons. The Balaban J connectivity index is 1.84. The molecule has 0 saturated carbocycles. The number of likely N-dealkylation sites (tertiary alicyclic amines) is 1. The first-order valence-electron chi connectivity index (χ1n) is 9.17. The summed E-state index contributed by atoms with van der Waals surface area (Å²) in [5.74, 6) is 1.51. The van der Waals surface area contributed by atoms with Crippen LogP contribution in [0.4, 0.5) is 0 Å². The van der Waals surface area contributed by atoms with E-state index >= 15 is 0 Å². The van der Waals surface area contributed by atoms with Crippen LogP contribution in [0.25, 0.3) is 6.08 Å². The first kappa shape index (κ1) is 19.0. The van der Waals surface area contributed by atoms with Crippen molar-refractivity contribution in [2.24, 2.45) is 7.05 Å². The molecule has 2 aromatic rings. The van der Waals surface area contributed by atoms with Crippen LogP contribution < -0.4 is 9.47 Å². The summed E-state index contributed by atoms with van der Waals surface area (Å²) < 4.78 is 12.7. The van der Waals surface area contributed by atoms with E-state index in [9.17, 15) is 4.79 Å². The Kier molecular flexibility index (Phi) is 5.54. The Hall–Kier alpha value is -2.76. The highest BCUT2D eigenvalue weighted by Crippen LogP contribution is 2.38. The van der Waals surface area contributed by atoms with Crippen LogP contribution in [-0.4, -0.2) is 41.4 Å². The van der Waals surface area contributed by atoms with Gasteiger partial charge in [0, 0.05) is 42.6 Å². The maximum atomic E-state index is 12.9. The number of aromatic nitrogens is 2. The standard InChI is InChI=1S/C21H27N3O3/c1-14-17(15(2)23(3)22-14)10-11-21(25)24-12-6-7-19(24)18-9-8-16(26-4)13-20(18)27-5/h8-11,13,19H,6-7,12H2,1-5H3/b11-10+. The Morgan fingerprint density at radius 2 is 2.04 bits per heavy atom. The largest absolute Gasteiger partial charge is 0.497 e. The van der Waals surface area contributed by atoms with E-state index in [1.54, 1.807) is 20.3 Å². The third-order valence-electron chi connectivity index (χ3n) is 5.29. The number of carbonyl (C=O) groups excluding carboxylic acids is 1. The Labute approximate surface area is 160 Å². The van der Waals surface area contributed by atoms with Gasteiger partial charge in [-0.2, -0.15) is 5.10 Å². The minimum absolute atomic E-state index is 0.0121. The molecule has 1 aliphatic heterocycles. The average Bonchev–Trinajstić information content (AvgIpc) is 3.24. The van der Waals surface area contributed by atoms with E-state index < -0.39 is 0 Å². The molecule has 27 heavy (non-hydrogen) atoms. The molecular formula is C21H27N3O3. The van der Waals surface area contributed by atoms with Crippen molar-refractivity contribution in [2.45, 2.75) is 32.7 Å². The van der Waals surface area contributed by atoms with Crippen molar-refractivity contribution >= 4 is 12.0 Å². The maximum Gasteiger partial charge on any atom is 0.247 e. The molecule has 6 nitrogen and oxygen atoms in total. The number of ether oxygens (including phenoxy) is 2. The lowest BCUT2D eigenvalue weighted by molar-refractivity contribution is -0.126. The topological polar surface area (TPSA) is 56.6 Å². The fourth-order valence-corrected chi connectivity index (χ4v) is 3.73. The first-order chi connectivity index (χ1) is 13.0. The molecule has 3 rings (SSSR count). The Bertz CT molecular complexity index is 870. The van der Waals surface area contributed by atoms with Gasteiger partial charge in [-0.3, -0.25) is 9.48 Å². The summed E-state index contributed by atoms with van der Waals surface area (Å²) >= 11 is 0. The van der Waals surface area contributed by atoms with Gasteiger partial charge in [-0.1, -0.05) is 0 Å². The molecule has 1 aliphatic rings. The molecule has 6 heteroatoms. The minimum atomic E-state index is 0.0121. The number of nitrogens with zero attached hydrogens (tertiary/aromatic N) is 3. The van der Waals surface area contributed by atoms with Crippen LogP contribution >= 0.6 is 0 Å². The highest BCUT2D eigenvalue weighted by Gasteiger charge is 2.31. The predicted octanol–water partition coefficient (Wildman–Crippen LogP) is 3.43. The number of hydrogen-bond donors (Lipinski definition) is 0. The van der Waals surface area contributed by atoms with Crippen molar-refractivity contribution in [1.82, 2.24) is 14.7 Å². The fourth-order valence-electron chi connectivity index (χ4n) is 3.73. The zero-order valence-electron chi connectivity index (χ0n) is 16.7. The van der Waals surface area contributed by atoms with E-state index in [-0.39, 0.29) is 11.9 Å². The van der Waals surface area contributed by atoms with Gasteiger partial charge in [-0.15, -0.1) is 0 Å². The highest BCUT2D eigenvalue weighted by molar-refractivity contribution is 5.92. The van der Waals surface area contributed by atoms with Crippen LogP contribution in [-0.2, 0) is 11.8 Å². The second kappa shape index (κ2) is 7.86. The molecule has 1 fully saturated rings. The number of hydrogen-bond acceptors (Lipinski definition) is 4. The smallest absolute Gasteiger partial charge is 0.247 e. The van der Waals surface area contributed by atoms with Gasteiger partial charge in [0.25, 0.3) is 0 Å². The van der Waals surface area contributed by atoms with E-state index in [2.05, 4.69) is 5.10 Å². The van der Waals surface area contributed by atoms with Crippen LogP contribution in [0.15, 0.2) is 24.3 Å². The lowest BCUT2D eigenvalue weighted by Crippen LogP contribution is -2.29. The van der Waals surface area contributed by atoms with Crippen molar-refractivity contribution in [3.8, 4) is 11.5 Å². The quantitative estimate of drug-likeness (QED) is 0.758. The third-order valence-corrected chi connectivity index (χ3v) is 5.29. The lowest BCUT2D eigenvalue weighted by Gasteiger charge is -2.25. The van der Waals surface area contributed by atoms with Gasteiger partial charge < -0.3 is 14.4 Å². The summed E-state index contributed by atoms with van der Waals surface area (Å²) in [6.07, 6.45) is 5.43. The molecule has 1 aromatic heterocycles. The van der Waals surface area contributed by atoms with Gasteiger partial charge >= 0.3 is 0 Å². The second-order valence-corrected chi connectivity index (χ2v) is 6.84. The number of benzene rings is 1. The number of aryl methyl sites for hydroxylation is 2. The molecule has 144 valence electrons. The monoisotopic (exact) mass is 369 g/mol. The van der Waals surface area contributed by atoms with Gasteiger partial charge in [0.1, 0.15) is 11.5 Å². The number of methoxy groups -OCH3 is 2. The molecule has 2 heterocycles. The van der Waals surface area contributed by atoms with Crippen LogP contribution in [0.5, 0.6) is 11.5 Å². The summed E-state index contributed by atoms with van der Waals surface area (Å²) in [7, 11) is 5.19. The molecule has 0 spiro atoms. The normalized spacial score (nSPS) is 16.9.